The Labute approximate surface area is 98.8 Å². The summed E-state index contributed by atoms with van der Waals surface area (Å²) >= 11 is 0. The van der Waals surface area contributed by atoms with E-state index in [1.165, 1.54) is 7.11 Å². The monoisotopic (exact) mass is 238 g/mol. The van der Waals surface area contributed by atoms with E-state index in [0.29, 0.717) is 24.5 Å². The lowest BCUT2D eigenvalue weighted by Crippen LogP contribution is -2.27. The summed E-state index contributed by atoms with van der Waals surface area (Å²) in [7, 11) is 1.42. The third-order valence-electron chi connectivity index (χ3n) is 2.33. The summed E-state index contributed by atoms with van der Waals surface area (Å²) in [6.07, 6.45) is 5.23. The number of ether oxygens (including phenoxy) is 1. The summed E-state index contributed by atoms with van der Waals surface area (Å²) in [6.45, 7) is 0.809. The number of aliphatic hydroxyl groups excluding tert-OH is 1. The Morgan fingerprint density at radius 1 is 1.41 bits per heavy atom. The van der Waals surface area contributed by atoms with Gasteiger partial charge in [0.1, 0.15) is 19.5 Å². The van der Waals surface area contributed by atoms with Crippen LogP contribution in [-0.4, -0.2) is 37.0 Å². The van der Waals surface area contributed by atoms with Gasteiger partial charge in [-0.1, -0.05) is 11.2 Å². The van der Waals surface area contributed by atoms with Crippen molar-refractivity contribution in [2.24, 2.45) is 10.3 Å². The molecule has 0 bridgehead atoms. The SMILES string of the molecule is CO/N=C(/C1=CCCC=C1O)C1=NOCCO1. The smallest absolute Gasteiger partial charge is 0.280 e. The summed E-state index contributed by atoms with van der Waals surface area (Å²) in [4.78, 5) is 9.68. The molecule has 0 aromatic rings. The van der Waals surface area contributed by atoms with Gasteiger partial charge in [-0.3, -0.25) is 0 Å². The maximum Gasteiger partial charge on any atom is 0.280 e. The van der Waals surface area contributed by atoms with Crippen molar-refractivity contribution in [1.82, 2.24) is 0 Å². The second-order valence-corrected chi connectivity index (χ2v) is 3.49. The molecule has 2 rings (SSSR count). The Kier molecular flexibility index (Phi) is 3.64. The van der Waals surface area contributed by atoms with E-state index in [2.05, 4.69) is 10.3 Å². The average Bonchev–Trinajstić information content (AvgIpc) is 2.38. The molecular weight excluding hydrogens is 224 g/mol. The van der Waals surface area contributed by atoms with Gasteiger partial charge in [0.05, 0.1) is 0 Å². The van der Waals surface area contributed by atoms with Crippen molar-refractivity contribution in [3.05, 3.63) is 23.5 Å². The largest absolute Gasteiger partial charge is 0.508 e. The Morgan fingerprint density at radius 3 is 2.88 bits per heavy atom. The van der Waals surface area contributed by atoms with Crippen molar-refractivity contribution in [1.29, 1.82) is 0 Å². The number of hydrogen-bond donors (Lipinski definition) is 1. The minimum Gasteiger partial charge on any atom is -0.508 e. The average molecular weight is 238 g/mol. The first kappa shape index (κ1) is 11.5. The van der Waals surface area contributed by atoms with Crippen LogP contribution in [0.5, 0.6) is 0 Å². The molecule has 1 aliphatic heterocycles. The van der Waals surface area contributed by atoms with E-state index >= 15 is 0 Å². The molecule has 6 heteroatoms. The molecule has 0 fully saturated rings. The van der Waals surface area contributed by atoms with Crippen LogP contribution in [0.25, 0.3) is 0 Å². The molecular formula is C11H14N2O4. The summed E-state index contributed by atoms with van der Waals surface area (Å²) in [5.41, 5.74) is 0.906. The van der Waals surface area contributed by atoms with Gasteiger partial charge in [-0.25, -0.2) is 0 Å². The molecule has 0 aromatic carbocycles. The fourth-order valence-corrected chi connectivity index (χ4v) is 1.59. The fourth-order valence-electron chi connectivity index (χ4n) is 1.59. The van der Waals surface area contributed by atoms with Crippen molar-refractivity contribution in [2.75, 3.05) is 20.3 Å². The molecule has 0 aromatic heterocycles. The molecule has 0 radical (unpaired) electrons. The zero-order valence-corrected chi connectivity index (χ0v) is 9.55. The van der Waals surface area contributed by atoms with Crippen LogP contribution in [0, 0.1) is 0 Å². The van der Waals surface area contributed by atoms with Crippen LogP contribution in [0.3, 0.4) is 0 Å². The molecule has 1 aliphatic carbocycles. The first-order valence-corrected chi connectivity index (χ1v) is 5.37. The zero-order chi connectivity index (χ0) is 12.1. The second-order valence-electron chi connectivity index (χ2n) is 3.49. The van der Waals surface area contributed by atoms with Crippen LogP contribution in [0.15, 0.2) is 33.8 Å². The predicted octanol–water partition coefficient (Wildman–Crippen LogP) is 1.51. The number of nitrogens with zero attached hydrogens (tertiary/aromatic N) is 2. The molecule has 6 nitrogen and oxygen atoms in total. The van der Waals surface area contributed by atoms with E-state index in [1.807, 2.05) is 6.08 Å². The van der Waals surface area contributed by atoms with Crippen molar-refractivity contribution in [3.8, 4) is 0 Å². The first-order chi connectivity index (χ1) is 8.33. The van der Waals surface area contributed by atoms with Gasteiger partial charge < -0.3 is 19.5 Å². The number of hydrogen-bond acceptors (Lipinski definition) is 6. The molecule has 0 unspecified atom stereocenters. The topological polar surface area (TPSA) is 72.6 Å². The van der Waals surface area contributed by atoms with Gasteiger partial charge in [0.25, 0.3) is 5.90 Å². The first-order valence-electron chi connectivity index (χ1n) is 5.37. The molecule has 0 saturated carbocycles. The highest BCUT2D eigenvalue weighted by atomic mass is 16.7. The Bertz CT molecular complexity index is 410. The molecule has 0 atom stereocenters. The highest BCUT2D eigenvalue weighted by Crippen LogP contribution is 2.19. The van der Waals surface area contributed by atoms with Gasteiger partial charge in [0, 0.05) is 5.57 Å². The number of aliphatic hydroxyl groups is 1. The lowest BCUT2D eigenvalue weighted by molar-refractivity contribution is 0.0672. The van der Waals surface area contributed by atoms with E-state index in [1.54, 1.807) is 6.08 Å². The van der Waals surface area contributed by atoms with Crippen LogP contribution >= 0.6 is 0 Å². The predicted molar refractivity (Wildman–Crippen MR) is 61.8 cm³/mol. The summed E-state index contributed by atoms with van der Waals surface area (Å²) < 4.78 is 5.33. The van der Waals surface area contributed by atoms with Gasteiger partial charge in [0.2, 0.25) is 0 Å². The summed E-state index contributed by atoms with van der Waals surface area (Å²) in [6, 6.07) is 0. The third-order valence-corrected chi connectivity index (χ3v) is 2.33. The van der Waals surface area contributed by atoms with Crippen molar-refractivity contribution < 1.29 is 19.5 Å². The molecule has 2 aliphatic rings. The summed E-state index contributed by atoms with van der Waals surface area (Å²) in [5.74, 6) is 0.384. The van der Waals surface area contributed by atoms with Gasteiger partial charge in [0.15, 0.2) is 12.3 Å². The zero-order valence-electron chi connectivity index (χ0n) is 9.55. The van der Waals surface area contributed by atoms with Crippen molar-refractivity contribution in [2.45, 2.75) is 12.8 Å². The molecule has 1 heterocycles. The Balaban J connectivity index is 2.29. The maximum atomic E-state index is 9.80. The number of rotatable bonds is 3. The molecule has 0 saturated heterocycles. The highest BCUT2D eigenvalue weighted by Gasteiger charge is 2.24. The van der Waals surface area contributed by atoms with Gasteiger partial charge in [-0.05, 0) is 24.1 Å². The van der Waals surface area contributed by atoms with Crippen LogP contribution in [0.4, 0.5) is 0 Å². The Morgan fingerprint density at radius 2 is 2.24 bits per heavy atom. The van der Waals surface area contributed by atoms with Crippen LogP contribution in [0.2, 0.25) is 0 Å². The van der Waals surface area contributed by atoms with E-state index in [9.17, 15) is 5.11 Å². The standard InChI is InChI=1S/C11H14N2O4/c1-15-12-10(11-13-17-7-6-16-11)8-4-2-3-5-9(8)14/h4-5,14H,2-3,6-7H2,1H3/b12-10-. The van der Waals surface area contributed by atoms with E-state index in [0.717, 1.165) is 12.8 Å². The number of oxime groups is 2. The second kappa shape index (κ2) is 5.38. The van der Waals surface area contributed by atoms with E-state index < -0.39 is 0 Å². The number of allylic oxidation sites excluding steroid dienone is 3. The van der Waals surface area contributed by atoms with E-state index in [4.69, 9.17) is 14.4 Å². The lowest BCUT2D eigenvalue weighted by Gasteiger charge is -2.17. The fraction of sp³-hybridized carbons (Fsp3) is 0.455. The molecule has 92 valence electrons. The van der Waals surface area contributed by atoms with Gasteiger partial charge >= 0.3 is 0 Å². The van der Waals surface area contributed by atoms with Crippen molar-refractivity contribution >= 4 is 11.6 Å². The van der Waals surface area contributed by atoms with Crippen molar-refractivity contribution in [3.63, 3.8) is 0 Å². The molecule has 17 heavy (non-hydrogen) atoms. The minimum absolute atomic E-state index is 0.156. The highest BCUT2D eigenvalue weighted by molar-refractivity contribution is 6.46. The quantitative estimate of drug-likeness (QED) is 0.597. The normalized spacial score (nSPS) is 20.5. The maximum absolute atomic E-state index is 9.80. The van der Waals surface area contributed by atoms with Crippen LogP contribution in [-0.2, 0) is 14.4 Å². The molecule has 0 amide bonds. The minimum atomic E-state index is 0.156. The van der Waals surface area contributed by atoms with Crippen LogP contribution in [0.1, 0.15) is 12.8 Å². The molecule has 0 spiro atoms. The molecule has 1 N–H and O–H groups in total. The van der Waals surface area contributed by atoms with Gasteiger partial charge in [-0.15, -0.1) is 0 Å². The lowest BCUT2D eigenvalue weighted by atomic mass is 10.0. The van der Waals surface area contributed by atoms with Gasteiger partial charge in [-0.2, -0.15) is 0 Å². The van der Waals surface area contributed by atoms with Crippen LogP contribution < -0.4 is 0 Å². The Hall–Kier alpha value is -1.98. The van der Waals surface area contributed by atoms with E-state index in [-0.39, 0.29) is 11.7 Å². The summed E-state index contributed by atoms with van der Waals surface area (Å²) in [5, 5.41) is 17.4. The third kappa shape index (κ3) is 2.58.